The van der Waals surface area contributed by atoms with Gasteiger partial charge in [-0.15, -0.1) is 0 Å². The Balaban J connectivity index is 2.29. The van der Waals surface area contributed by atoms with E-state index in [0.29, 0.717) is 18.8 Å². The second-order valence-corrected chi connectivity index (χ2v) is 3.62. The van der Waals surface area contributed by atoms with Crippen LogP contribution in [0.2, 0.25) is 0 Å². The molecule has 0 unspecified atom stereocenters. The smallest absolute Gasteiger partial charge is 0.311 e. The Morgan fingerprint density at radius 2 is 2.12 bits per heavy atom. The van der Waals surface area contributed by atoms with Crippen molar-refractivity contribution < 1.29 is 19.1 Å². The van der Waals surface area contributed by atoms with E-state index in [9.17, 15) is 10.1 Å². The minimum Gasteiger partial charge on any atom is -0.490 e. The Labute approximate surface area is 98.2 Å². The minimum atomic E-state index is -0.520. The Hall–Kier alpha value is -1.66. The fraction of sp³-hybridized carbons (Fsp3) is 0.455. The van der Waals surface area contributed by atoms with E-state index in [4.69, 9.17) is 14.2 Å². The SMILES string of the molecule is COc1ccc(C2OCCCO2)cc1[N+](=O)[O-]. The van der Waals surface area contributed by atoms with Crippen LogP contribution in [0.25, 0.3) is 0 Å². The molecule has 0 bridgehead atoms. The molecule has 1 aromatic rings. The van der Waals surface area contributed by atoms with Gasteiger partial charge in [0.25, 0.3) is 0 Å². The van der Waals surface area contributed by atoms with Gasteiger partial charge in [0, 0.05) is 11.6 Å². The van der Waals surface area contributed by atoms with Crippen molar-refractivity contribution >= 4 is 5.69 Å². The fourth-order valence-corrected chi connectivity index (χ4v) is 1.68. The van der Waals surface area contributed by atoms with E-state index in [1.807, 2.05) is 0 Å². The first-order valence-corrected chi connectivity index (χ1v) is 5.28. The number of nitro benzene ring substituents is 1. The zero-order valence-corrected chi connectivity index (χ0v) is 9.42. The van der Waals surface area contributed by atoms with Crippen molar-refractivity contribution in [3.05, 3.63) is 33.9 Å². The summed E-state index contributed by atoms with van der Waals surface area (Å²) in [5.41, 5.74) is 0.556. The summed E-state index contributed by atoms with van der Waals surface area (Å²) in [7, 11) is 1.40. The number of nitrogens with zero attached hydrogens (tertiary/aromatic N) is 1. The van der Waals surface area contributed by atoms with E-state index in [2.05, 4.69) is 0 Å². The number of methoxy groups -OCH3 is 1. The van der Waals surface area contributed by atoms with Crippen LogP contribution in [0.4, 0.5) is 5.69 Å². The first kappa shape index (κ1) is 11.8. The Morgan fingerprint density at radius 3 is 2.71 bits per heavy atom. The van der Waals surface area contributed by atoms with Gasteiger partial charge < -0.3 is 14.2 Å². The molecule has 1 fully saturated rings. The third kappa shape index (κ3) is 2.54. The Kier molecular flexibility index (Phi) is 3.55. The van der Waals surface area contributed by atoms with Crippen molar-refractivity contribution in [1.82, 2.24) is 0 Å². The summed E-state index contributed by atoms with van der Waals surface area (Å²) < 4.78 is 15.7. The number of hydrogen-bond acceptors (Lipinski definition) is 5. The fourth-order valence-electron chi connectivity index (χ4n) is 1.68. The molecule has 1 aliphatic heterocycles. The van der Waals surface area contributed by atoms with Crippen LogP contribution in [0.3, 0.4) is 0 Å². The lowest BCUT2D eigenvalue weighted by atomic mass is 10.1. The van der Waals surface area contributed by atoms with E-state index in [-0.39, 0.29) is 11.4 Å². The molecule has 1 aliphatic rings. The zero-order chi connectivity index (χ0) is 12.3. The highest BCUT2D eigenvalue weighted by molar-refractivity contribution is 5.48. The molecule has 0 spiro atoms. The first-order valence-electron chi connectivity index (χ1n) is 5.28. The lowest BCUT2D eigenvalue weighted by molar-refractivity contribution is -0.386. The van der Waals surface area contributed by atoms with Gasteiger partial charge in [0.05, 0.1) is 25.2 Å². The summed E-state index contributed by atoms with van der Waals surface area (Å²) >= 11 is 0. The highest BCUT2D eigenvalue weighted by Crippen LogP contribution is 2.32. The molecule has 1 saturated heterocycles. The van der Waals surface area contributed by atoms with E-state index in [0.717, 1.165) is 6.42 Å². The molecule has 0 atom stereocenters. The van der Waals surface area contributed by atoms with Crippen LogP contribution in [-0.4, -0.2) is 25.2 Å². The van der Waals surface area contributed by atoms with Crippen LogP contribution >= 0.6 is 0 Å². The van der Waals surface area contributed by atoms with E-state index in [1.165, 1.54) is 13.2 Å². The standard InChI is InChI=1S/C11H13NO5/c1-15-10-4-3-8(7-9(10)12(13)14)11-16-5-2-6-17-11/h3-4,7,11H,2,5-6H2,1H3. The third-order valence-corrected chi connectivity index (χ3v) is 2.50. The van der Waals surface area contributed by atoms with Crippen LogP contribution < -0.4 is 4.74 Å². The summed E-state index contributed by atoms with van der Waals surface area (Å²) in [5, 5.41) is 10.9. The number of hydrogen-bond donors (Lipinski definition) is 0. The summed E-state index contributed by atoms with van der Waals surface area (Å²) in [6.07, 6.45) is 0.322. The van der Waals surface area contributed by atoms with Crippen molar-refractivity contribution in [2.75, 3.05) is 20.3 Å². The lowest BCUT2D eigenvalue weighted by Gasteiger charge is -2.23. The molecule has 0 aliphatic carbocycles. The van der Waals surface area contributed by atoms with Gasteiger partial charge >= 0.3 is 5.69 Å². The molecule has 1 aromatic carbocycles. The van der Waals surface area contributed by atoms with Gasteiger partial charge in [-0.3, -0.25) is 10.1 Å². The van der Waals surface area contributed by atoms with Gasteiger partial charge in [0.2, 0.25) is 0 Å². The molecule has 0 amide bonds. The molecular weight excluding hydrogens is 226 g/mol. The van der Waals surface area contributed by atoms with Gasteiger partial charge in [-0.2, -0.15) is 0 Å². The number of benzene rings is 1. The second-order valence-electron chi connectivity index (χ2n) is 3.62. The van der Waals surface area contributed by atoms with Crippen LogP contribution in [0.5, 0.6) is 5.75 Å². The molecule has 17 heavy (non-hydrogen) atoms. The highest BCUT2D eigenvalue weighted by Gasteiger charge is 2.22. The molecular formula is C11H13NO5. The van der Waals surface area contributed by atoms with E-state index >= 15 is 0 Å². The number of ether oxygens (including phenoxy) is 3. The van der Waals surface area contributed by atoms with Crippen molar-refractivity contribution in [3.8, 4) is 5.75 Å². The van der Waals surface area contributed by atoms with Gasteiger partial charge in [-0.1, -0.05) is 0 Å². The van der Waals surface area contributed by atoms with Crippen molar-refractivity contribution in [3.63, 3.8) is 0 Å². The normalized spacial score (nSPS) is 16.8. The number of nitro groups is 1. The predicted octanol–water partition coefficient (Wildman–Crippen LogP) is 2.04. The highest BCUT2D eigenvalue weighted by atomic mass is 16.7. The summed E-state index contributed by atoms with van der Waals surface area (Å²) in [5.74, 6) is 0.231. The molecule has 92 valence electrons. The van der Waals surface area contributed by atoms with Crippen LogP contribution in [-0.2, 0) is 9.47 Å². The maximum Gasteiger partial charge on any atom is 0.311 e. The monoisotopic (exact) mass is 239 g/mol. The molecule has 0 saturated carbocycles. The lowest BCUT2D eigenvalue weighted by Crippen LogP contribution is -2.17. The van der Waals surface area contributed by atoms with Gasteiger partial charge in [-0.05, 0) is 18.6 Å². The van der Waals surface area contributed by atoms with Gasteiger partial charge in [-0.25, -0.2) is 0 Å². The Morgan fingerprint density at radius 1 is 1.41 bits per heavy atom. The topological polar surface area (TPSA) is 70.8 Å². The van der Waals surface area contributed by atoms with Crippen LogP contribution in [0, 0.1) is 10.1 Å². The average Bonchev–Trinajstić information content (AvgIpc) is 2.39. The minimum absolute atomic E-state index is 0.0808. The maximum atomic E-state index is 10.9. The predicted molar refractivity (Wildman–Crippen MR) is 58.9 cm³/mol. The third-order valence-electron chi connectivity index (χ3n) is 2.50. The van der Waals surface area contributed by atoms with E-state index < -0.39 is 11.2 Å². The Bertz CT molecular complexity index is 414. The second kappa shape index (κ2) is 5.11. The summed E-state index contributed by atoms with van der Waals surface area (Å²) in [6.45, 7) is 1.20. The summed E-state index contributed by atoms with van der Waals surface area (Å²) in [6, 6.07) is 4.69. The molecule has 2 rings (SSSR count). The van der Waals surface area contributed by atoms with Crippen molar-refractivity contribution in [2.45, 2.75) is 12.7 Å². The maximum absolute atomic E-state index is 10.9. The molecule has 0 radical (unpaired) electrons. The van der Waals surface area contributed by atoms with Crippen molar-refractivity contribution in [1.29, 1.82) is 0 Å². The van der Waals surface area contributed by atoms with Gasteiger partial charge in [0.15, 0.2) is 12.0 Å². The van der Waals surface area contributed by atoms with Gasteiger partial charge in [0.1, 0.15) is 0 Å². The molecule has 6 heteroatoms. The molecule has 1 heterocycles. The quantitative estimate of drug-likeness (QED) is 0.596. The molecule has 6 nitrogen and oxygen atoms in total. The largest absolute Gasteiger partial charge is 0.490 e. The van der Waals surface area contributed by atoms with Crippen LogP contribution in [0.1, 0.15) is 18.3 Å². The van der Waals surface area contributed by atoms with Crippen molar-refractivity contribution in [2.24, 2.45) is 0 Å². The summed E-state index contributed by atoms with van der Waals surface area (Å²) in [4.78, 5) is 10.4. The molecule has 0 N–H and O–H groups in total. The number of rotatable bonds is 3. The first-order chi connectivity index (χ1) is 8.22. The van der Waals surface area contributed by atoms with E-state index in [1.54, 1.807) is 12.1 Å². The average molecular weight is 239 g/mol. The van der Waals surface area contributed by atoms with Crippen LogP contribution in [0.15, 0.2) is 18.2 Å². The molecule has 0 aromatic heterocycles. The zero-order valence-electron chi connectivity index (χ0n) is 9.42.